The number of pyridine rings is 1. The third-order valence-corrected chi connectivity index (χ3v) is 10.6. The number of rotatable bonds is 7. The molecule has 1 aliphatic heterocycles. The fourth-order valence-electron chi connectivity index (χ4n) is 2.38. The highest BCUT2D eigenvalue weighted by atomic mass is 32.2. The zero-order valence-corrected chi connectivity index (χ0v) is 18.8. The summed E-state index contributed by atoms with van der Waals surface area (Å²) in [4.78, 5) is 4.39. The van der Waals surface area contributed by atoms with Gasteiger partial charge in [-0.05, 0) is 56.1 Å². The predicted molar refractivity (Wildman–Crippen MR) is 111 cm³/mol. The molecule has 26 heavy (non-hydrogen) atoms. The molecule has 0 N–H and O–H groups in total. The smallest absolute Gasteiger partial charge is 0.250 e. The van der Waals surface area contributed by atoms with Crippen LogP contribution < -0.4 is 0 Å². The Morgan fingerprint density at radius 1 is 1.38 bits per heavy atom. The van der Waals surface area contributed by atoms with Crippen LogP contribution in [0.1, 0.15) is 40.5 Å². The molecule has 2 heterocycles. The van der Waals surface area contributed by atoms with Crippen LogP contribution in [-0.2, 0) is 13.9 Å². The molecule has 0 radical (unpaired) electrons. The van der Waals surface area contributed by atoms with Crippen molar-refractivity contribution in [3.8, 4) is 0 Å². The van der Waals surface area contributed by atoms with Gasteiger partial charge in [-0.25, -0.2) is 4.98 Å². The first kappa shape index (κ1) is 21.5. The van der Waals surface area contributed by atoms with Gasteiger partial charge in [0, 0.05) is 12.8 Å². The lowest BCUT2D eigenvalue weighted by Gasteiger charge is -2.38. The topological polar surface area (TPSA) is 40.6 Å². The lowest BCUT2D eigenvalue weighted by atomic mass is 10.2. The maximum Gasteiger partial charge on any atom is 0.250 e. The van der Waals surface area contributed by atoms with Crippen molar-refractivity contribution in [2.45, 2.75) is 75.2 Å². The summed E-state index contributed by atoms with van der Waals surface area (Å²) >= 11 is 1.64. The molecule has 6 heteroatoms. The second-order valence-corrected chi connectivity index (χ2v) is 14.0. The second kappa shape index (κ2) is 9.40. The molecular weight excluding hydrogens is 362 g/mol. The molecule has 1 fully saturated rings. The van der Waals surface area contributed by atoms with Crippen molar-refractivity contribution in [1.82, 2.24) is 4.98 Å². The lowest BCUT2D eigenvalue weighted by molar-refractivity contribution is -0.0647. The highest BCUT2D eigenvalue weighted by Gasteiger charge is 2.39. The maximum atomic E-state index is 6.41. The van der Waals surface area contributed by atoms with Gasteiger partial charge in [-0.1, -0.05) is 38.6 Å². The first-order valence-corrected chi connectivity index (χ1v) is 13.2. The second-order valence-electron chi connectivity index (χ2n) is 8.13. The molecular formula is C20H33NO3SSi. The van der Waals surface area contributed by atoms with Crippen LogP contribution in [0.3, 0.4) is 0 Å². The fraction of sp³-hybridized carbons (Fsp3) is 0.650. The average molecular weight is 396 g/mol. The zero-order chi connectivity index (χ0) is 19.2. The van der Waals surface area contributed by atoms with Gasteiger partial charge in [0.1, 0.15) is 17.8 Å². The van der Waals surface area contributed by atoms with Gasteiger partial charge in [-0.3, -0.25) is 0 Å². The normalized spacial score (nSPS) is 22.3. The third kappa shape index (κ3) is 6.11. The van der Waals surface area contributed by atoms with Crippen molar-refractivity contribution in [3.05, 3.63) is 36.2 Å². The van der Waals surface area contributed by atoms with Crippen LogP contribution in [0.2, 0.25) is 18.1 Å². The van der Waals surface area contributed by atoms with E-state index in [-0.39, 0.29) is 16.6 Å². The Kier molecular flexibility index (Phi) is 7.76. The summed E-state index contributed by atoms with van der Waals surface area (Å²) in [5, 5.41) is 1.14. The van der Waals surface area contributed by atoms with Crippen LogP contribution in [0.15, 0.2) is 41.3 Å². The van der Waals surface area contributed by atoms with Gasteiger partial charge in [0.15, 0.2) is 0 Å². The SMILES string of the molecule is C/C=C(\COC1CCCOC1Sc1ccccn1)O[Si](C)(C)C(C)(C)C. The minimum Gasteiger partial charge on any atom is -0.545 e. The number of allylic oxidation sites excluding steroid dienone is 1. The molecule has 146 valence electrons. The van der Waals surface area contributed by atoms with Crippen LogP contribution in [0.4, 0.5) is 0 Å². The van der Waals surface area contributed by atoms with E-state index in [0.29, 0.717) is 6.61 Å². The van der Waals surface area contributed by atoms with E-state index >= 15 is 0 Å². The van der Waals surface area contributed by atoms with E-state index in [1.807, 2.05) is 37.4 Å². The minimum absolute atomic E-state index is 0.0235. The van der Waals surface area contributed by atoms with Crippen molar-refractivity contribution >= 4 is 20.1 Å². The summed E-state index contributed by atoms with van der Waals surface area (Å²) in [7, 11) is -1.85. The Hall–Kier alpha value is -0.823. The summed E-state index contributed by atoms with van der Waals surface area (Å²) in [5.74, 6) is 0.934. The van der Waals surface area contributed by atoms with E-state index < -0.39 is 8.32 Å². The van der Waals surface area contributed by atoms with Crippen LogP contribution in [0, 0.1) is 0 Å². The summed E-state index contributed by atoms with van der Waals surface area (Å²) in [6, 6.07) is 5.94. The van der Waals surface area contributed by atoms with Crippen LogP contribution in [0.25, 0.3) is 0 Å². The Balaban J connectivity index is 1.94. The molecule has 2 atom stereocenters. The zero-order valence-electron chi connectivity index (χ0n) is 17.0. The van der Waals surface area contributed by atoms with Gasteiger partial charge >= 0.3 is 0 Å². The molecule has 1 aromatic rings. The summed E-state index contributed by atoms with van der Waals surface area (Å²) in [6.45, 7) is 14.6. The number of hydrogen-bond acceptors (Lipinski definition) is 5. The quantitative estimate of drug-likeness (QED) is 0.442. The number of hydrogen-bond donors (Lipinski definition) is 0. The van der Waals surface area contributed by atoms with Gasteiger partial charge in [0.05, 0.1) is 11.1 Å². The molecule has 2 unspecified atom stereocenters. The van der Waals surface area contributed by atoms with E-state index in [1.54, 1.807) is 11.8 Å². The monoisotopic (exact) mass is 395 g/mol. The van der Waals surface area contributed by atoms with E-state index in [1.165, 1.54) is 0 Å². The molecule has 4 nitrogen and oxygen atoms in total. The molecule has 0 spiro atoms. The van der Waals surface area contributed by atoms with Gasteiger partial charge < -0.3 is 13.9 Å². The van der Waals surface area contributed by atoms with Crippen molar-refractivity contribution in [1.29, 1.82) is 0 Å². The third-order valence-electron chi connectivity index (χ3n) is 5.05. The molecule has 0 bridgehead atoms. The van der Waals surface area contributed by atoms with Gasteiger partial charge in [-0.2, -0.15) is 0 Å². The molecule has 1 aliphatic rings. The van der Waals surface area contributed by atoms with Crippen molar-refractivity contribution in [3.63, 3.8) is 0 Å². The molecule has 0 aromatic carbocycles. The van der Waals surface area contributed by atoms with Crippen molar-refractivity contribution < 1.29 is 13.9 Å². The van der Waals surface area contributed by atoms with Crippen LogP contribution in [-0.4, -0.2) is 38.1 Å². The Morgan fingerprint density at radius 2 is 2.15 bits per heavy atom. The van der Waals surface area contributed by atoms with E-state index in [4.69, 9.17) is 13.9 Å². The van der Waals surface area contributed by atoms with E-state index in [9.17, 15) is 0 Å². The summed E-state index contributed by atoms with van der Waals surface area (Å²) in [6.07, 6.45) is 5.92. The van der Waals surface area contributed by atoms with Crippen LogP contribution >= 0.6 is 11.8 Å². The molecule has 0 saturated carbocycles. The largest absolute Gasteiger partial charge is 0.545 e. The predicted octanol–water partition coefficient (Wildman–Crippen LogP) is 5.62. The molecule has 1 saturated heterocycles. The standard InChI is InChI=1S/C20H33NO3SSi/c1-7-16(24-26(5,6)20(2,3)4)15-23-17-11-10-14-22-19(17)25-18-12-8-9-13-21-18/h7-9,12-13,17,19H,10-11,14-15H2,1-6H3/b16-7+. The van der Waals surface area contributed by atoms with Gasteiger partial charge in [0.25, 0.3) is 0 Å². The lowest BCUT2D eigenvalue weighted by Crippen LogP contribution is -2.41. The Morgan fingerprint density at radius 3 is 2.77 bits per heavy atom. The highest BCUT2D eigenvalue weighted by Crippen LogP contribution is 2.38. The average Bonchev–Trinajstić information content (AvgIpc) is 2.59. The van der Waals surface area contributed by atoms with Crippen molar-refractivity contribution in [2.24, 2.45) is 0 Å². The van der Waals surface area contributed by atoms with Crippen LogP contribution in [0.5, 0.6) is 0 Å². The number of thioether (sulfide) groups is 1. The first-order chi connectivity index (χ1) is 12.2. The number of ether oxygens (including phenoxy) is 2. The van der Waals surface area contributed by atoms with E-state index in [2.05, 4.69) is 38.8 Å². The van der Waals surface area contributed by atoms with E-state index in [0.717, 1.165) is 30.2 Å². The Labute approximate surface area is 163 Å². The van der Waals surface area contributed by atoms with Gasteiger partial charge in [-0.15, -0.1) is 0 Å². The minimum atomic E-state index is -1.85. The number of aromatic nitrogens is 1. The summed E-state index contributed by atoms with van der Waals surface area (Å²) < 4.78 is 18.6. The molecule has 0 aliphatic carbocycles. The maximum absolute atomic E-state index is 6.41. The van der Waals surface area contributed by atoms with Gasteiger partial charge in [0.2, 0.25) is 8.32 Å². The van der Waals surface area contributed by atoms with Crippen molar-refractivity contribution in [2.75, 3.05) is 13.2 Å². The fourth-order valence-corrected chi connectivity index (χ4v) is 4.56. The first-order valence-electron chi connectivity index (χ1n) is 9.38. The molecule has 0 amide bonds. The summed E-state index contributed by atoms with van der Waals surface area (Å²) in [5.41, 5.74) is -0.0235. The number of nitrogens with zero attached hydrogens (tertiary/aromatic N) is 1. The molecule has 1 aromatic heterocycles. The highest BCUT2D eigenvalue weighted by molar-refractivity contribution is 7.99. The molecule has 2 rings (SSSR count). The Bertz CT molecular complexity index is 586.